The van der Waals surface area contributed by atoms with Gasteiger partial charge in [0, 0.05) is 32.1 Å². The van der Waals surface area contributed by atoms with Crippen LogP contribution < -0.4 is 15.4 Å². The highest BCUT2D eigenvalue weighted by Crippen LogP contribution is 2.38. The molecule has 2 fully saturated rings. The number of alkyl halides is 3. The third-order valence-corrected chi connectivity index (χ3v) is 7.22. The molecule has 4 rings (SSSR count). The van der Waals surface area contributed by atoms with Crippen molar-refractivity contribution < 1.29 is 32.3 Å². The van der Waals surface area contributed by atoms with Crippen molar-refractivity contribution in [3.8, 4) is 11.8 Å². The van der Waals surface area contributed by atoms with E-state index in [4.69, 9.17) is 4.74 Å². The maximum Gasteiger partial charge on any atom is 0.471 e. The summed E-state index contributed by atoms with van der Waals surface area (Å²) < 4.78 is 44.4. The zero-order valence-corrected chi connectivity index (χ0v) is 20.7. The number of likely N-dealkylation sites (N-methyl/N-ethyl adjacent to an activating group) is 1. The van der Waals surface area contributed by atoms with Gasteiger partial charge in [-0.15, -0.1) is 0 Å². The number of nitriles is 1. The minimum Gasteiger partial charge on any atom is -0.484 e. The lowest BCUT2D eigenvalue weighted by molar-refractivity contribution is -0.175. The van der Waals surface area contributed by atoms with Crippen LogP contribution in [0.4, 0.5) is 13.2 Å². The number of nitrogens with zero attached hydrogens (tertiary/aromatic N) is 3. The molecular weight excluding hydrogens is 491 g/mol. The number of halogens is 3. The first kappa shape index (κ1) is 26.7. The van der Waals surface area contributed by atoms with Crippen molar-refractivity contribution in [2.24, 2.45) is 5.92 Å². The Kier molecular flexibility index (Phi) is 7.37. The minimum absolute atomic E-state index is 0.120. The number of para-hydroxylation sites is 1. The van der Waals surface area contributed by atoms with Crippen LogP contribution in [0.1, 0.15) is 38.2 Å². The topological polar surface area (TPSA) is 115 Å². The summed E-state index contributed by atoms with van der Waals surface area (Å²) in [5, 5.41) is 14.9. The van der Waals surface area contributed by atoms with Gasteiger partial charge >= 0.3 is 12.1 Å². The van der Waals surface area contributed by atoms with Gasteiger partial charge in [0.1, 0.15) is 29.5 Å². The number of fused-ring (bicyclic) bond motifs is 1. The number of nitrogens with one attached hydrogen (secondary N) is 2. The maximum atomic E-state index is 13.8. The highest BCUT2D eigenvalue weighted by molar-refractivity contribution is 5.93. The lowest BCUT2D eigenvalue weighted by Crippen LogP contribution is -2.56. The van der Waals surface area contributed by atoms with Crippen molar-refractivity contribution in [1.29, 1.82) is 5.26 Å². The molecule has 1 aromatic carbocycles. The fourth-order valence-electron chi connectivity index (χ4n) is 5.02. The molecule has 0 aromatic heterocycles. The molecule has 9 nitrogen and oxygen atoms in total. The van der Waals surface area contributed by atoms with Gasteiger partial charge in [-0.25, -0.2) is 0 Å². The third-order valence-electron chi connectivity index (χ3n) is 7.22. The summed E-state index contributed by atoms with van der Waals surface area (Å²) in [6.07, 6.45) is -2.79. The molecule has 1 aromatic rings. The van der Waals surface area contributed by atoms with Gasteiger partial charge in [-0.2, -0.15) is 18.4 Å². The summed E-state index contributed by atoms with van der Waals surface area (Å²) in [5.41, 5.74) is 0.119. The van der Waals surface area contributed by atoms with Crippen LogP contribution >= 0.6 is 0 Å². The fourth-order valence-corrected chi connectivity index (χ4v) is 5.02. The lowest BCUT2D eigenvalue weighted by Gasteiger charge is -2.34. The quantitative estimate of drug-likeness (QED) is 0.589. The van der Waals surface area contributed by atoms with E-state index in [1.165, 1.54) is 11.9 Å². The second-order valence-corrected chi connectivity index (χ2v) is 10.1. The fraction of sp³-hybridized carbons (Fsp3) is 0.600. The Bertz CT molecular complexity index is 1100. The average molecular weight is 522 g/mol. The SMILES string of the molecule is CC(NC(=O)C(F)(F)F)C(=O)N(C)C(CC1CC1)C(=O)N1CC2(CNCc3ccccc3O2)CC1C#N. The standard InChI is InChI=1S/C25H30F3N5O4/c1-15(31-23(36)25(26,27)28)21(34)32(2)19(9-16-7-8-16)22(35)33-14-24(10-18(33)11-29)13-30-12-17-5-3-4-6-20(17)37-24/h3-6,15-16,18-19,30H,7-10,12-14H2,1-2H3,(H,31,36). The Hall–Kier alpha value is -3.33. The summed E-state index contributed by atoms with van der Waals surface area (Å²) in [6, 6.07) is 6.44. The van der Waals surface area contributed by atoms with Gasteiger partial charge < -0.3 is 25.2 Å². The van der Waals surface area contributed by atoms with Crippen molar-refractivity contribution in [2.45, 2.75) is 69.1 Å². The first-order valence-corrected chi connectivity index (χ1v) is 12.3. The summed E-state index contributed by atoms with van der Waals surface area (Å²) in [6.45, 7) is 2.25. The van der Waals surface area contributed by atoms with Crippen LogP contribution in [0.15, 0.2) is 24.3 Å². The van der Waals surface area contributed by atoms with Crippen molar-refractivity contribution in [3.05, 3.63) is 29.8 Å². The van der Waals surface area contributed by atoms with Gasteiger partial charge in [-0.05, 0) is 25.3 Å². The zero-order valence-electron chi connectivity index (χ0n) is 20.7. The molecule has 37 heavy (non-hydrogen) atoms. The summed E-state index contributed by atoms with van der Waals surface area (Å²) >= 11 is 0. The van der Waals surface area contributed by atoms with Gasteiger partial charge in [-0.1, -0.05) is 31.0 Å². The lowest BCUT2D eigenvalue weighted by atomic mass is 10.0. The monoisotopic (exact) mass is 521 g/mol. The van der Waals surface area contributed by atoms with Crippen LogP contribution in [0, 0.1) is 17.2 Å². The largest absolute Gasteiger partial charge is 0.484 e. The molecule has 2 N–H and O–H groups in total. The molecule has 3 amide bonds. The number of hydrogen-bond acceptors (Lipinski definition) is 6. The van der Waals surface area contributed by atoms with Gasteiger partial charge in [0.25, 0.3) is 0 Å². The summed E-state index contributed by atoms with van der Waals surface area (Å²) in [5.74, 6) is -2.63. The van der Waals surface area contributed by atoms with Gasteiger partial charge in [0.15, 0.2) is 0 Å². The van der Waals surface area contributed by atoms with E-state index in [9.17, 15) is 32.8 Å². The normalized spacial score (nSPS) is 24.8. The Morgan fingerprint density at radius 2 is 2.03 bits per heavy atom. The second-order valence-electron chi connectivity index (χ2n) is 10.1. The highest BCUT2D eigenvalue weighted by Gasteiger charge is 2.51. The number of likely N-dealkylation sites (tertiary alicyclic amines) is 1. The van der Waals surface area contributed by atoms with Crippen LogP contribution in [-0.4, -0.2) is 77.6 Å². The molecular formula is C25H30F3N5O4. The molecule has 0 radical (unpaired) electrons. The third kappa shape index (κ3) is 5.82. The number of carbonyl (C=O) groups excluding carboxylic acids is 3. The van der Waals surface area contributed by atoms with Crippen molar-refractivity contribution in [3.63, 3.8) is 0 Å². The Labute approximate surface area is 212 Å². The summed E-state index contributed by atoms with van der Waals surface area (Å²) in [4.78, 5) is 40.6. The molecule has 4 atom stereocenters. The molecule has 2 heterocycles. The van der Waals surface area contributed by atoms with Crippen molar-refractivity contribution in [1.82, 2.24) is 20.4 Å². The van der Waals surface area contributed by atoms with Crippen LogP contribution in [0.25, 0.3) is 0 Å². The molecule has 200 valence electrons. The predicted molar refractivity (Wildman–Crippen MR) is 125 cm³/mol. The van der Waals surface area contributed by atoms with Gasteiger partial charge in [0.2, 0.25) is 11.8 Å². The van der Waals surface area contributed by atoms with Crippen molar-refractivity contribution in [2.75, 3.05) is 20.1 Å². The maximum absolute atomic E-state index is 13.8. The van der Waals surface area contributed by atoms with Crippen LogP contribution in [0.3, 0.4) is 0 Å². The molecule has 12 heteroatoms. The number of hydrogen-bond donors (Lipinski definition) is 2. The van der Waals surface area contributed by atoms with E-state index in [-0.39, 0.29) is 18.9 Å². The molecule has 4 unspecified atom stereocenters. The number of benzene rings is 1. The van der Waals surface area contributed by atoms with Crippen LogP contribution in [0.2, 0.25) is 0 Å². The zero-order chi connectivity index (χ0) is 27.0. The van der Waals surface area contributed by atoms with E-state index in [1.54, 1.807) is 5.32 Å². The molecule has 1 spiro atoms. The van der Waals surface area contributed by atoms with E-state index in [0.717, 1.165) is 30.2 Å². The first-order chi connectivity index (χ1) is 17.4. The molecule has 1 aliphatic carbocycles. The van der Waals surface area contributed by atoms with E-state index in [1.807, 2.05) is 24.3 Å². The minimum atomic E-state index is -5.13. The molecule has 0 bridgehead atoms. The molecule has 1 saturated carbocycles. The number of amides is 3. The number of rotatable bonds is 6. The Balaban J connectivity index is 1.53. The molecule has 2 aliphatic heterocycles. The van der Waals surface area contributed by atoms with E-state index in [2.05, 4.69) is 11.4 Å². The van der Waals surface area contributed by atoms with Crippen molar-refractivity contribution >= 4 is 17.7 Å². The summed E-state index contributed by atoms with van der Waals surface area (Å²) in [7, 11) is 1.34. The van der Waals surface area contributed by atoms with Gasteiger partial charge in [-0.3, -0.25) is 14.4 Å². The Morgan fingerprint density at radius 3 is 2.68 bits per heavy atom. The highest BCUT2D eigenvalue weighted by atomic mass is 19.4. The van der Waals surface area contributed by atoms with E-state index < -0.39 is 47.6 Å². The van der Waals surface area contributed by atoms with Crippen LogP contribution in [0.5, 0.6) is 5.75 Å². The molecule has 1 saturated heterocycles. The predicted octanol–water partition coefficient (Wildman–Crippen LogP) is 1.73. The van der Waals surface area contributed by atoms with Crippen LogP contribution in [-0.2, 0) is 20.9 Å². The van der Waals surface area contributed by atoms with E-state index in [0.29, 0.717) is 25.3 Å². The average Bonchev–Trinajstić information content (AvgIpc) is 3.63. The first-order valence-electron chi connectivity index (χ1n) is 12.3. The molecule has 3 aliphatic rings. The second kappa shape index (κ2) is 10.2. The van der Waals surface area contributed by atoms with Gasteiger partial charge in [0.05, 0.1) is 12.6 Å². The number of ether oxygens (including phenoxy) is 1. The Morgan fingerprint density at radius 1 is 1.32 bits per heavy atom. The number of carbonyl (C=O) groups is 3. The van der Waals surface area contributed by atoms with E-state index >= 15 is 0 Å². The smallest absolute Gasteiger partial charge is 0.471 e.